The van der Waals surface area contributed by atoms with Crippen molar-refractivity contribution in [2.75, 3.05) is 13.7 Å². The second-order valence-corrected chi connectivity index (χ2v) is 5.24. The molecule has 0 fully saturated rings. The summed E-state index contributed by atoms with van der Waals surface area (Å²) in [6.45, 7) is 0.235. The molecule has 0 spiro atoms. The first-order chi connectivity index (χ1) is 10.6. The summed E-state index contributed by atoms with van der Waals surface area (Å²) < 4.78 is 25.4. The minimum atomic E-state index is -0.329. The minimum absolute atomic E-state index is 0.0751. The van der Waals surface area contributed by atoms with E-state index in [9.17, 15) is 4.39 Å². The van der Waals surface area contributed by atoms with Crippen LogP contribution in [0.5, 0.6) is 11.6 Å². The van der Waals surface area contributed by atoms with Gasteiger partial charge in [-0.2, -0.15) is 0 Å². The number of hydrogen-bond acceptors (Lipinski definition) is 4. The fraction of sp³-hybridized carbons (Fsp3) is 0.200. The van der Waals surface area contributed by atoms with Gasteiger partial charge in [-0.25, -0.2) is 14.4 Å². The second-order valence-electron chi connectivity index (χ2n) is 4.33. The summed E-state index contributed by atoms with van der Waals surface area (Å²) in [5.74, 6) is 0.592. The van der Waals surface area contributed by atoms with Gasteiger partial charge < -0.3 is 15.2 Å². The van der Waals surface area contributed by atoms with Gasteiger partial charge in [0.1, 0.15) is 11.6 Å². The Bertz CT molecular complexity index is 680. The van der Waals surface area contributed by atoms with Gasteiger partial charge in [-0.05, 0) is 29.8 Å². The van der Waals surface area contributed by atoms with Gasteiger partial charge >= 0.3 is 0 Å². The number of pyridine rings is 1. The number of nitrogens with zero attached hydrogens (tertiary/aromatic N) is 2. The Labute approximate surface area is 136 Å². The van der Waals surface area contributed by atoms with E-state index in [1.165, 1.54) is 13.1 Å². The van der Waals surface area contributed by atoms with Gasteiger partial charge in [0.05, 0.1) is 6.61 Å². The van der Waals surface area contributed by atoms with Crippen LogP contribution in [-0.2, 0) is 11.2 Å². The average Bonchev–Trinajstić information content (AvgIpc) is 2.50. The van der Waals surface area contributed by atoms with Crippen molar-refractivity contribution in [3.8, 4) is 11.6 Å². The van der Waals surface area contributed by atoms with Gasteiger partial charge in [0, 0.05) is 30.2 Å². The van der Waals surface area contributed by atoms with Crippen LogP contribution in [0.1, 0.15) is 5.56 Å². The molecule has 5 nitrogen and oxygen atoms in total. The summed E-state index contributed by atoms with van der Waals surface area (Å²) in [6, 6.07) is 8.10. The van der Waals surface area contributed by atoms with Gasteiger partial charge in [0.25, 0.3) is 6.02 Å². The Morgan fingerprint density at radius 2 is 2.18 bits per heavy atom. The lowest BCUT2D eigenvalue weighted by atomic mass is 10.1. The summed E-state index contributed by atoms with van der Waals surface area (Å²) in [5, 5.41) is 0. The maximum atomic E-state index is 13.8. The van der Waals surface area contributed by atoms with E-state index in [4.69, 9.17) is 15.2 Å². The predicted octanol–water partition coefficient (Wildman–Crippen LogP) is 3.28. The van der Waals surface area contributed by atoms with Crippen molar-refractivity contribution >= 4 is 22.0 Å². The quantitative estimate of drug-likeness (QED) is 0.650. The van der Waals surface area contributed by atoms with E-state index in [1.54, 1.807) is 30.5 Å². The minimum Gasteiger partial charge on any atom is -0.465 e. The maximum absolute atomic E-state index is 13.8. The van der Waals surface area contributed by atoms with Crippen molar-refractivity contribution in [3.05, 3.63) is 52.4 Å². The lowest BCUT2D eigenvalue weighted by Crippen LogP contribution is -2.17. The number of aliphatic imine (C=N–C) groups is 1. The van der Waals surface area contributed by atoms with E-state index < -0.39 is 0 Å². The molecular formula is C15H15BrFN3O2. The molecule has 2 aromatic rings. The smallest absolute Gasteiger partial charge is 0.281 e. The summed E-state index contributed by atoms with van der Waals surface area (Å²) in [4.78, 5) is 7.75. The molecular weight excluding hydrogens is 353 g/mol. The lowest BCUT2D eigenvalue weighted by Gasteiger charge is -2.09. The molecule has 1 aromatic heterocycles. The number of halogens is 2. The summed E-state index contributed by atoms with van der Waals surface area (Å²) in [5.41, 5.74) is 5.89. The van der Waals surface area contributed by atoms with Crippen LogP contribution in [0.3, 0.4) is 0 Å². The SMILES string of the molecule is CN=C(N)OCCc1cc(Oc2cc(Br)ccn2)ccc1F. The fourth-order valence-corrected chi connectivity index (χ4v) is 2.01. The molecule has 1 aromatic carbocycles. The van der Waals surface area contributed by atoms with Crippen molar-refractivity contribution in [3.63, 3.8) is 0 Å². The van der Waals surface area contributed by atoms with Crippen LogP contribution in [0, 0.1) is 5.82 Å². The van der Waals surface area contributed by atoms with Crippen LogP contribution in [-0.4, -0.2) is 24.7 Å². The molecule has 0 aliphatic heterocycles. The highest BCUT2D eigenvalue weighted by molar-refractivity contribution is 9.10. The Hall–Kier alpha value is -2.15. The van der Waals surface area contributed by atoms with Gasteiger partial charge in [-0.1, -0.05) is 15.9 Å². The van der Waals surface area contributed by atoms with Crippen molar-refractivity contribution in [1.82, 2.24) is 4.98 Å². The van der Waals surface area contributed by atoms with Crippen molar-refractivity contribution in [2.45, 2.75) is 6.42 Å². The molecule has 0 saturated heterocycles. The van der Waals surface area contributed by atoms with E-state index >= 15 is 0 Å². The third kappa shape index (κ3) is 4.70. The van der Waals surface area contributed by atoms with Gasteiger partial charge in [-0.3, -0.25) is 0 Å². The van der Waals surface area contributed by atoms with Gasteiger partial charge in [0.15, 0.2) is 0 Å². The standard InChI is InChI=1S/C15H15BrFN3O2/c1-19-15(18)21-7-5-10-8-12(2-3-13(10)17)22-14-9-11(16)4-6-20-14/h2-4,6,8-9H,5,7H2,1H3,(H2,18,19). The average molecular weight is 368 g/mol. The Kier molecular flexibility index (Phi) is 5.71. The van der Waals surface area contributed by atoms with E-state index in [0.29, 0.717) is 23.6 Å². The van der Waals surface area contributed by atoms with Crippen LogP contribution >= 0.6 is 15.9 Å². The third-order valence-corrected chi connectivity index (χ3v) is 3.27. The van der Waals surface area contributed by atoms with E-state index in [0.717, 1.165) is 4.47 Å². The topological polar surface area (TPSA) is 69.7 Å². The van der Waals surface area contributed by atoms with Crippen molar-refractivity contribution in [1.29, 1.82) is 0 Å². The number of rotatable bonds is 5. The van der Waals surface area contributed by atoms with Crippen LogP contribution in [0.25, 0.3) is 0 Å². The molecule has 7 heteroatoms. The van der Waals surface area contributed by atoms with Crippen molar-refractivity contribution in [2.24, 2.45) is 10.7 Å². The number of hydrogen-bond donors (Lipinski definition) is 1. The Balaban J connectivity index is 2.06. The summed E-state index contributed by atoms with van der Waals surface area (Å²) >= 11 is 3.34. The number of aromatic nitrogens is 1. The van der Waals surface area contributed by atoms with Gasteiger partial charge in [-0.15, -0.1) is 0 Å². The molecule has 1 heterocycles. The van der Waals surface area contributed by atoms with Crippen LogP contribution in [0.2, 0.25) is 0 Å². The summed E-state index contributed by atoms with van der Waals surface area (Å²) in [7, 11) is 1.52. The monoisotopic (exact) mass is 367 g/mol. The number of nitrogens with two attached hydrogens (primary N) is 1. The van der Waals surface area contributed by atoms with E-state index in [2.05, 4.69) is 25.9 Å². The molecule has 0 bridgehead atoms. The first-order valence-electron chi connectivity index (χ1n) is 6.51. The number of amidine groups is 1. The number of ether oxygens (including phenoxy) is 2. The summed E-state index contributed by atoms with van der Waals surface area (Å²) in [6.07, 6.45) is 1.97. The second kappa shape index (κ2) is 7.74. The third-order valence-electron chi connectivity index (χ3n) is 2.78. The molecule has 0 amide bonds. The van der Waals surface area contributed by atoms with Crippen LogP contribution in [0.15, 0.2) is 46.0 Å². The molecule has 0 aliphatic rings. The highest BCUT2D eigenvalue weighted by atomic mass is 79.9. The molecule has 2 N–H and O–H groups in total. The fourth-order valence-electron chi connectivity index (χ4n) is 1.70. The zero-order valence-electron chi connectivity index (χ0n) is 11.9. The zero-order chi connectivity index (χ0) is 15.9. The maximum Gasteiger partial charge on any atom is 0.281 e. The van der Waals surface area contributed by atoms with Crippen molar-refractivity contribution < 1.29 is 13.9 Å². The molecule has 0 saturated carbocycles. The Morgan fingerprint density at radius 3 is 2.91 bits per heavy atom. The first-order valence-corrected chi connectivity index (χ1v) is 7.30. The largest absolute Gasteiger partial charge is 0.465 e. The first kappa shape index (κ1) is 16.2. The molecule has 2 rings (SSSR count). The van der Waals surface area contributed by atoms with E-state index in [1.807, 2.05) is 0 Å². The molecule has 116 valence electrons. The lowest BCUT2D eigenvalue weighted by molar-refractivity contribution is 0.301. The molecule has 0 radical (unpaired) electrons. The normalized spacial score (nSPS) is 11.3. The zero-order valence-corrected chi connectivity index (χ0v) is 13.5. The highest BCUT2D eigenvalue weighted by Gasteiger charge is 2.07. The molecule has 0 aliphatic carbocycles. The van der Waals surface area contributed by atoms with Crippen LogP contribution in [0.4, 0.5) is 4.39 Å². The predicted molar refractivity (Wildman–Crippen MR) is 85.6 cm³/mol. The van der Waals surface area contributed by atoms with Gasteiger partial charge in [0.2, 0.25) is 5.88 Å². The van der Waals surface area contributed by atoms with E-state index in [-0.39, 0.29) is 18.4 Å². The highest BCUT2D eigenvalue weighted by Crippen LogP contribution is 2.24. The molecule has 0 unspecified atom stereocenters. The number of benzene rings is 1. The van der Waals surface area contributed by atoms with Crippen LogP contribution < -0.4 is 10.5 Å². The molecule has 22 heavy (non-hydrogen) atoms. The molecule has 0 atom stereocenters. The Morgan fingerprint density at radius 1 is 1.36 bits per heavy atom.